The van der Waals surface area contributed by atoms with Gasteiger partial charge in [0.25, 0.3) is 11.8 Å². The number of nitrogens with zero attached hydrogens (tertiary/aromatic N) is 4. The van der Waals surface area contributed by atoms with Gasteiger partial charge in [-0.15, -0.1) is 10.2 Å². The number of hydrogen-bond donors (Lipinski definition) is 1. The number of aryl methyl sites for hydroxylation is 2. The number of hydrogen-bond acceptors (Lipinski definition) is 4. The van der Waals surface area contributed by atoms with Gasteiger partial charge in [-0.25, -0.2) is 4.98 Å². The molecule has 1 unspecified atom stereocenters. The molecule has 1 aromatic carbocycles. The SMILES string of the molecule is Cc1ccn2c(C(=O)Nc3ccc(C4=C5C=CC=CC5C(=O)N=N4)cc3)c(C)nc2c1. The van der Waals surface area contributed by atoms with Crippen molar-refractivity contribution in [3.63, 3.8) is 0 Å². The zero-order valence-corrected chi connectivity index (χ0v) is 17.0. The molecule has 0 saturated carbocycles. The number of carbonyl (C=O) groups is 2. The second-order valence-electron chi connectivity index (χ2n) is 7.57. The molecule has 5 rings (SSSR count). The van der Waals surface area contributed by atoms with Crippen LogP contribution in [0.2, 0.25) is 0 Å². The third-order valence-electron chi connectivity index (χ3n) is 5.40. The van der Waals surface area contributed by atoms with Crippen LogP contribution < -0.4 is 5.32 Å². The predicted octanol–water partition coefficient (Wildman–Crippen LogP) is 4.65. The van der Waals surface area contributed by atoms with E-state index in [9.17, 15) is 9.59 Å². The summed E-state index contributed by atoms with van der Waals surface area (Å²) in [5.41, 5.74) is 5.98. The van der Waals surface area contributed by atoms with E-state index in [1.54, 1.807) is 4.40 Å². The zero-order valence-electron chi connectivity index (χ0n) is 17.0. The van der Waals surface area contributed by atoms with Crippen molar-refractivity contribution in [1.82, 2.24) is 9.38 Å². The zero-order chi connectivity index (χ0) is 21.5. The summed E-state index contributed by atoms with van der Waals surface area (Å²) in [7, 11) is 0. The van der Waals surface area contributed by atoms with Gasteiger partial charge in [-0.2, -0.15) is 0 Å². The summed E-state index contributed by atoms with van der Waals surface area (Å²) < 4.78 is 1.79. The minimum atomic E-state index is -0.390. The van der Waals surface area contributed by atoms with Gasteiger partial charge in [0.2, 0.25) is 0 Å². The Kier molecular flexibility index (Phi) is 4.43. The number of azo groups is 1. The molecule has 2 amide bonds. The molecule has 0 spiro atoms. The topological polar surface area (TPSA) is 88.2 Å². The molecule has 0 fully saturated rings. The van der Waals surface area contributed by atoms with Crippen LogP contribution in [0.1, 0.15) is 27.3 Å². The van der Waals surface area contributed by atoms with Crippen LogP contribution in [0.15, 0.2) is 82.7 Å². The van der Waals surface area contributed by atoms with E-state index in [-0.39, 0.29) is 11.8 Å². The molecule has 1 atom stereocenters. The molecule has 31 heavy (non-hydrogen) atoms. The fourth-order valence-electron chi connectivity index (χ4n) is 3.87. The molecule has 7 heteroatoms. The Bertz CT molecular complexity index is 1360. The Balaban J connectivity index is 1.42. The van der Waals surface area contributed by atoms with E-state index in [1.165, 1.54) is 0 Å². The number of rotatable bonds is 3. The van der Waals surface area contributed by atoms with E-state index in [4.69, 9.17) is 0 Å². The van der Waals surface area contributed by atoms with E-state index in [0.29, 0.717) is 22.8 Å². The van der Waals surface area contributed by atoms with Crippen LogP contribution in [0.3, 0.4) is 0 Å². The highest BCUT2D eigenvalue weighted by Crippen LogP contribution is 2.34. The molecule has 152 valence electrons. The Morgan fingerprint density at radius 1 is 1.06 bits per heavy atom. The maximum absolute atomic E-state index is 12.9. The number of imidazole rings is 1. The van der Waals surface area contributed by atoms with Crippen molar-refractivity contribution in [2.24, 2.45) is 16.1 Å². The minimum absolute atomic E-state index is 0.230. The van der Waals surface area contributed by atoms with E-state index in [2.05, 4.69) is 20.5 Å². The summed E-state index contributed by atoms with van der Waals surface area (Å²) in [4.78, 5) is 29.4. The van der Waals surface area contributed by atoms with E-state index >= 15 is 0 Å². The third kappa shape index (κ3) is 3.30. The van der Waals surface area contributed by atoms with Gasteiger partial charge >= 0.3 is 0 Å². The number of fused-ring (bicyclic) bond motifs is 2. The highest BCUT2D eigenvalue weighted by Gasteiger charge is 2.27. The standard InChI is InChI=1S/C24H19N5O2/c1-14-11-12-29-20(13-14)25-15(2)22(29)24(31)26-17-9-7-16(8-10-17)21-18-5-3-4-6-19(18)23(30)28-27-21/h3-13,19H,1-2H3,(H,26,31). The van der Waals surface area contributed by atoms with Crippen LogP contribution in [0.4, 0.5) is 5.69 Å². The van der Waals surface area contributed by atoms with Crippen LogP contribution in [0, 0.1) is 19.8 Å². The van der Waals surface area contributed by atoms with Gasteiger partial charge in [-0.1, -0.05) is 36.4 Å². The fourth-order valence-corrected chi connectivity index (χ4v) is 3.87. The third-order valence-corrected chi connectivity index (χ3v) is 5.40. The Morgan fingerprint density at radius 3 is 2.68 bits per heavy atom. The average molecular weight is 409 g/mol. The maximum Gasteiger partial charge on any atom is 0.276 e. The lowest BCUT2D eigenvalue weighted by Crippen LogP contribution is -2.17. The number of amides is 2. The van der Waals surface area contributed by atoms with Crippen molar-refractivity contribution >= 4 is 28.8 Å². The largest absolute Gasteiger partial charge is 0.321 e. The second kappa shape index (κ2) is 7.28. The monoisotopic (exact) mass is 409 g/mol. The number of anilines is 1. The summed E-state index contributed by atoms with van der Waals surface area (Å²) in [5, 5.41) is 10.8. The lowest BCUT2D eigenvalue weighted by Gasteiger charge is -2.19. The Hall–Kier alpha value is -4.13. The number of benzene rings is 1. The smallest absolute Gasteiger partial charge is 0.276 e. The van der Waals surface area contributed by atoms with E-state index in [0.717, 1.165) is 22.3 Å². The summed E-state index contributed by atoms with van der Waals surface area (Å²) in [5.74, 6) is -0.882. The molecule has 0 saturated heterocycles. The fraction of sp³-hybridized carbons (Fsp3) is 0.125. The molecule has 7 nitrogen and oxygen atoms in total. The summed E-state index contributed by atoms with van der Waals surface area (Å²) in [6, 6.07) is 11.2. The van der Waals surface area contributed by atoms with Crippen molar-refractivity contribution in [2.75, 3.05) is 5.32 Å². The lowest BCUT2D eigenvalue weighted by molar-refractivity contribution is -0.119. The lowest BCUT2D eigenvalue weighted by atomic mass is 9.89. The number of pyridine rings is 1. The summed E-state index contributed by atoms with van der Waals surface area (Å²) >= 11 is 0. The van der Waals surface area contributed by atoms with Crippen LogP contribution in [-0.4, -0.2) is 21.2 Å². The van der Waals surface area contributed by atoms with Crippen molar-refractivity contribution in [3.8, 4) is 0 Å². The molecule has 1 N–H and O–H groups in total. The van der Waals surface area contributed by atoms with Gasteiger partial charge in [-0.05, 0) is 49.2 Å². The van der Waals surface area contributed by atoms with Gasteiger partial charge in [0.05, 0.1) is 17.3 Å². The molecule has 0 radical (unpaired) electrons. The first-order valence-electron chi connectivity index (χ1n) is 9.93. The van der Waals surface area contributed by atoms with E-state index in [1.807, 2.05) is 80.7 Å². The Labute approximate surface area is 178 Å². The first kappa shape index (κ1) is 18.9. The summed E-state index contributed by atoms with van der Waals surface area (Å²) in [6.07, 6.45) is 9.29. The van der Waals surface area contributed by atoms with Crippen molar-refractivity contribution in [3.05, 3.63) is 95.0 Å². The molecule has 3 heterocycles. The highest BCUT2D eigenvalue weighted by atomic mass is 16.2. The maximum atomic E-state index is 12.9. The van der Waals surface area contributed by atoms with Gasteiger partial charge in [-0.3, -0.25) is 14.0 Å². The van der Waals surface area contributed by atoms with Crippen LogP contribution in [0.5, 0.6) is 0 Å². The normalized spacial score (nSPS) is 17.4. The average Bonchev–Trinajstić information content (AvgIpc) is 3.10. The van der Waals surface area contributed by atoms with Gasteiger partial charge in [0, 0.05) is 17.4 Å². The molecule has 1 aliphatic heterocycles. The predicted molar refractivity (Wildman–Crippen MR) is 118 cm³/mol. The first-order valence-corrected chi connectivity index (χ1v) is 9.93. The van der Waals surface area contributed by atoms with Crippen LogP contribution in [0.25, 0.3) is 11.3 Å². The van der Waals surface area contributed by atoms with Gasteiger partial charge < -0.3 is 5.32 Å². The van der Waals surface area contributed by atoms with Gasteiger partial charge in [0.15, 0.2) is 0 Å². The first-order chi connectivity index (χ1) is 15.0. The second-order valence-corrected chi connectivity index (χ2v) is 7.57. The van der Waals surface area contributed by atoms with Gasteiger partial charge in [0.1, 0.15) is 11.3 Å². The summed E-state index contributed by atoms with van der Waals surface area (Å²) in [6.45, 7) is 3.82. The quantitative estimate of drug-likeness (QED) is 0.683. The molecular weight excluding hydrogens is 390 g/mol. The number of allylic oxidation sites excluding steroid dienone is 3. The van der Waals surface area contributed by atoms with Crippen molar-refractivity contribution in [2.45, 2.75) is 13.8 Å². The molecule has 0 bridgehead atoms. The molecule has 1 aliphatic carbocycles. The number of nitrogens with one attached hydrogen (secondary N) is 1. The Morgan fingerprint density at radius 2 is 1.87 bits per heavy atom. The molecule has 2 aliphatic rings. The van der Waals surface area contributed by atoms with Crippen molar-refractivity contribution in [1.29, 1.82) is 0 Å². The van der Waals surface area contributed by atoms with Crippen LogP contribution in [-0.2, 0) is 4.79 Å². The molecular formula is C24H19N5O2. The van der Waals surface area contributed by atoms with E-state index < -0.39 is 5.92 Å². The molecule has 2 aromatic heterocycles. The number of carbonyl (C=O) groups excluding carboxylic acids is 2. The molecule has 3 aromatic rings. The minimum Gasteiger partial charge on any atom is -0.321 e. The highest BCUT2D eigenvalue weighted by molar-refractivity contribution is 6.04. The van der Waals surface area contributed by atoms with Crippen LogP contribution >= 0.6 is 0 Å². The van der Waals surface area contributed by atoms with Crippen molar-refractivity contribution < 1.29 is 9.59 Å². The number of aromatic nitrogens is 2.